The molecule has 0 bridgehead atoms. The van der Waals surface area contributed by atoms with Crippen molar-refractivity contribution in [3.63, 3.8) is 0 Å². The van der Waals surface area contributed by atoms with Gasteiger partial charge in [0, 0.05) is 4.47 Å². The highest BCUT2D eigenvalue weighted by Gasteiger charge is 2.29. The number of rotatable bonds is 0. The molecule has 0 unspecified atom stereocenters. The van der Waals surface area contributed by atoms with E-state index >= 15 is 0 Å². The fourth-order valence-corrected chi connectivity index (χ4v) is 2.88. The van der Waals surface area contributed by atoms with Gasteiger partial charge in [-0.05, 0) is 30.3 Å². The van der Waals surface area contributed by atoms with E-state index in [1.165, 1.54) is 4.57 Å². The van der Waals surface area contributed by atoms with E-state index in [-0.39, 0.29) is 17.2 Å². The highest BCUT2D eigenvalue weighted by molar-refractivity contribution is 9.10. The van der Waals surface area contributed by atoms with Crippen molar-refractivity contribution < 1.29 is 4.79 Å². The molecular weight excluding hydrogens is 320 g/mol. The summed E-state index contributed by atoms with van der Waals surface area (Å²) in [5, 5.41) is 0.493. The van der Waals surface area contributed by atoms with E-state index in [0.717, 1.165) is 4.47 Å². The van der Waals surface area contributed by atoms with Gasteiger partial charge in [0.05, 0.1) is 22.2 Å². The molecule has 2 aromatic carbocycles. The lowest BCUT2D eigenvalue weighted by Crippen LogP contribution is -2.21. The van der Waals surface area contributed by atoms with E-state index in [2.05, 4.69) is 20.9 Å². The molecule has 3 aromatic rings. The maximum atomic E-state index is 12.6. The third-order valence-corrected chi connectivity index (χ3v) is 3.92. The second kappa shape index (κ2) is 3.86. The zero-order valence-corrected chi connectivity index (χ0v) is 11.7. The molecular formula is C15H7BrN2O2. The zero-order valence-electron chi connectivity index (χ0n) is 10.1. The molecule has 0 spiro atoms. The van der Waals surface area contributed by atoms with Crippen LogP contribution in [-0.2, 0) is 0 Å². The predicted molar refractivity (Wildman–Crippen MR) is 78.5 cm³/mol. The topological polar surface area (TPSA) is 52.0 Å². The predicted octanol–water partition coefficient (Wildman–Crippen LogP) is 2.69. The molecule has 2 heterocycles. The Bertz CT molecular complexity index is 960. The van der Waals surface area contributed by atoms with Crippen molar-refractivity contribution in [1.29, 1.82) is 0 Å². The Balaban J connectivity index is 2.21. The standard InChI is InChI=1S/C15H7BrN2O2/c16-8-5-6-11-10(7-8)15(20)18-12-4-2-1-3-9(12)13(19)14(18)17-11/h1-7H. The van der Waals surface area contributed by atoms with E-state index in [4.69, 9.17) is 0 Å². The Morgan fingerprint density at radius 3 is 2.70 bits per heavy atom. The van der Waals surface area contributed by atoms with E-state index in [1.54, 1.807) is 42.5 Å². The van der Waals surface area contributed by atoms with Crippen molar-refractivity contribution in [2.45, 2.75) is 0 Å². The molecule has 1 aliphatic heterocycles. The first kappa shape index (κ1) is 11.5. The Labute approximate surface area is 121 Å². The van der Waals surface area contributed by atoms with E-state index in [0.29, 0.717) is 22.2 Å². The fourth-order valence-electron chi connectivity index (χ4n) is 2.51. The lowest BCUT2D eigenvalue weighted by Gasteiger charge is -2.05. The van der Waals surface area contributed by atoms with Crippen LogP contribution < -0.4 is 5.56 Å². The molecule has 0 radical (unpaired) electrons. The van der Waals surface area contributed by atoms with Crippen LogP contribution in [0.25, 0.3) is 16.6 Å². The number of hydrogen-bond acceptors (Lipinski definition) is 3. The van der Waals surface area contributed by atoms with Crippen molar-refractivity contribution in [3.8, 4) is 5.69 Å². The van der Waals surface area contributed by atoms with Crippen LogP contribution in [-0.4, -0.2) is 15.3 Å². The molecule has 0 N–H and O–H groups in total. The Morgan fingerprint density at radius 1 is 1.05 bits per heavy atom. The van der Waals surface area contributed by atoms with Gasteiger partial charge in [-0.1, -0.05) is 28.1 Å². The summed E-state index contributed by atoms with van der Waals surface area (Å²) in [6, 6.07) is 12.3. The van der Waals surface area contributed by atoms with Gasteiger partial charge in [0.2, 0.25) is 5.78 Å². The number of para-hydroxylation sites is 1. The summed E-state index contributed by atoms with van der Waals surface area (Å²) in [7, 11) is 0. The summed E-state index contributed by atoms with van der Waals surface area (Å²) < 4.78 is 2.20. The summed E-state index contributed by atoms with van der Waals surface area (Å²) in [6.45, 7) is 0. The number of fused-ring (bicyclic) bond motifs is 4. The van der Waals surface area contributed by atoms with Crippen molar-refractivity contribution >= 4 is 32.6 Å². The third-order valence-electron chi connectivity index (χ3n) is 3.42. The van der Waals surface area contributed by atoms with E-state index < -0.39 is 0 Å². The van der Waals surface area contributed by atoms with Gasteiger partial charge in [0.25, 0.3) is 5.56 Å². The van der Waals surface area contributed by atoms with Crippen LogP contribution in [0.15, 0.2) is 51.7 Å². The number of ketones is 1. The van der Waals surface area contributed by atoms with Crippen LogP contribution in [0.3, 0.4) is 0 Å². The molecule has 20 heavy (non-hydrogen) atoms. The number of halogens is 1. The van der Waals surface area contributed by atoms with Gasteiger partial charge in [0.15, 0.2) is 5.82 Å². The molecule has 0 amide bonds. The molecule has 4 nitrogen and oxygen atoms in total. The minimum Gasteiger partial charge on any atom is -0.285 e. The summed E-state index contributed by atoms with van der Waals surface area (Å²) in [5.41, 5.74) is 1.44. The first-order chi connectivity index (χ1) is 9.66. The van der Waals surface area contributed by atoms with Crippen LogP contribution in [0.1, 0.15) is 16.2 Å². The highest BCUT2D eigenvalue weighted by Crippen LogP contribution is 2.26. The average Bonchev–Trinajstić information content (AvgIpc) is 2.74. The Kier molecular flexibility index (Phi) is 2.23. The minimum atomic E-state index is -0.218. The molecule has 1 aliphatic rings. The van der Waals surface area contributed by atoms with Gasteiger partial charge in [0.1, 0.15) is 0 Å². The molecule has 0 saturated carbocycles. The number of benzene rings is 2. The molecule has 1 aromatic heterocycles. The molecule has 4 rings (SSSR count). The first-order valence-electron chi connectivity index (χ1n) is 6.03. The molecule has 0 saturated heterocycles. The van der Waals surface area contributed by atoms with E-state index in [1.807, 2.05) is 0 Å². The zero-order chi connectivity index (χ0) is 13.9. The van der Waals surface area contributed by atoms with Gasteiger partial charge in [-0.3, -0.25) is 14.2 Å². The van der Waals surface area contributed by atoms with Crippen molar-refractivity contribution in [2.75, 3.05) is 0 Å². The fraction of sp³-hybridized carbons (Fsp3) is 0. The molecule has 0 aliphatic carbocycles. The molecule has 5 heteroatoms. The quantitative estimate of drug-likeness (QED) is 0.499. The van der Waals surface area contributed by atoms with Crippen LogP contribution in [0.2, 0.25) is 0 Å². The summed E-state index contributed by atoms with van der Waals surface area (Å²) in [4.78, 5) is 29.3. The second-order valence-corrected chi connectivity index (χ2v) is 5.50. The van der Waals surface area contributed by atoms with Gasteiger partial charge >= 0.3 is 0 Å². The number of hydrogen-bond donors (Lipinski definition) is 0. The van der Waals surface area contributed by atoms with E-state index in [9.17, 15) is 9.59 Å². The van der Waals surface area contributed by atoms with Gasteiger partial charge in [-0.25, -0.2) is 4.98 Å². The van der Waals surface area contributed by atoms with Crippen LogP contribution in [0, 0.1) is 0 Å². The number of nitrogens with zero attached hydrogens (tertiary/aromatic N) is 2. The third kappa shape index (κ3) is 1.38. The van der Waals surface area contributed by atoms with Crippen LogP contribution in [0.5, 0.6) is 0 Å². The van der Waals surface area contributed by atoms with Crippen molar-refractivity contribution in [3.05, 3.63) is 68.7 Å². The number of carbonyl (C=O) groups is 1. The van der Waals surface area contributed by atoms with Crippen molar-refractivity contribution in [1.82, 2.24) is 9.55 Å². The molecule has 0 atom stereocenters. The maximum absolute atomic E-state index is 12.6. The summed E-state index contributed by atoms with van der Waals surface area (Å²) in [6.07, 6.45) is 0. The first-order valence-corrected chi connectivity index (χ1v) is 6.82. The second-order valence-electron chi connectivity index (χ2n) is 4.58. The van der Waals surface area contributed by atoms with Crippen LogP contribution in [0.4, 0.5) is 0 Å². The van der Waals surface area contributed by atoms with Gasteiger partial charge in [-0.15, -0.1) is 0 Å². The maximum Gasteiger partial charge on any atom is 0.266 e. The van der Waals surface area contributed by atoms with Gasteiger partial charge < -0.3 is 0 Å². The Morgan fingerprint density at radius 2 is 1.85 bits per heavy atom. The summed E-state index contributed by atoms with van der Waals surface area (Å²) in [5.74, 6) is -0.0199. The monoisotopic (exact) mass is 326 g/mol. The summed E-state index contributed by atoms with van der Waals surface area (Å²) >= 11 is 3.35. The lowest BCUT2D eigenvalue weighted by atomic mass is 10.1. The van der Waals surface area contributed by atoms with Crippen LogP contribution >= 0.6 is 15.9 Å². The Hall–Kier alpha value is -2.27. The smallest absolute Gasteiger partial charge is 0.266 e. The van der Waals surface area contributed by atoms with Crippen molar-refractivity contribution in [2.24, 2.45) is 0 Å². The number of aromatic nitrogens is 2. The SMILES string of the molecule is O=C1c2ccccc2-n2c1nc1ccc(Br)cc1c2=O. The highest BCUT2D eigenvalue weighted by atomic mass is 79.9. The van der Waals surface area contributed by atoms with Gasteiger partial charge in [-0.2, -0.15) is 0 Å². The molecule has 0 fully saturated rings. The average molecular weight is 327 g/mol. The number of carbonyl (C=O) groups excluding carboxylic acids is 1. The lowest BCUT2D eigenvalue weighted by molar-refractivity contribution is 0.103. The minimum absolute atomic E-state index is 0.186. The largest absolute Gasteiger partial charge is 0.285 e. The molecule has 96 valence electrons. The normalized spacial score (nSPS) is 12.6.